The third-order valence-corrected chi connectivity index (χ3v) is 2.23. The lowest BCUT2D eigenvalue weighted by atomic mass is 10.1. The van der Waals surface area contributed by atoms with Gasteiger partial charge in [0.15, 0.2) is 5.69 Å². The third-order valence-electron chi connectivity index (χ3n) is 2.23. The summed E-state index contributed by atoms with van der Waals surface area (Å²) in [4.78, 5) is 2.21. The maximum atomic E-state index is 8.70. The molecular weight excluding hydrogens is 152 g/mol. The Morgan fingerprint density at radius 2 is 2.50 bits per heavy atom. The Kier molecular flexibility index (Phi) is 1.59. The lowest BCUT2D eigenvalue weighted by Crippen LogP contribution is -2.26. The summed E-state index contributed by atoms with van der Waals surface area (Å²) in [7, 11) is 2.07. The number of nitrogens with one attached hydrogen (secondary N) is 1. The molecular formula is C8H10N4. The van der Waals surface area contributed by atoms with Gasteiger partial charge in [-0.25, -0.2) is 0 Å². The van der Waals surface area contributed by atoms with E-state index in [1.165, 1.54) is 0 Å². The van der Waals surface area contributed by atoms with Crippen molar-refractivity contribution < 1.29 is 0 Å². The predicted molar refractivity (Wildman–Crippen MR) is 43.3 cm³/mol. The highest BCUT2D eigenvalue weighted by Crippen LogP contribution is 2.17. The van der Waals surface area contributed by atoms with E-state index in [2.05, 4.69) is 28.2 Å². The largest absolute Gasteiger partial charge is 0.300 e. The Morgan fingerprint density at radius 3 is 3.25 bits per heavy atom. The number of aromatic amines is 1. The minimum absolute atomic E-state index is 0.568. The van der Waals surface area contributed by atoms with Gasteiger partial charge in [-0.3, -0.25) is 5.10 Å². The Balaban J connectivity index is 2.40. The molecule has 0 fully saturated rings. The van der Waals surface area contributed by atoms with Crippen LogP contribution in [-0.4, -0.2) is 28.7 Å². The molecule has 0 bridgehead atoms. The number of fused-ring (bicyclic) bond motifs is 1. The van der Waals surface area contributed by atoms with E-state index in [0.29, 0.717) is 5.69 Å². The van der Waals surface area contributed by atoms with E-state index in [1.807, 2.05) is 0 Å². The lowest BCUT2D eigenvalue weighted by molar-refractivity contribution is 0.309. The lowest BCUT2D eigenvalue weighted by Gasteiger charge is -2.21. The second-order valence-electron chi connectivity index (χ2n) is 3.13. The molecule has 0 amide bonds. The summed E-state index contributed by atoms with van der Waals surface area (Å²) in [5.74, 6) is 0. The molecule has 0 aromatic carbocycles. The molecule has 4 nitrogen and oxygen atoms in total. The van der Waals surface area contributed by atoms with Crippen LogP contribution in [-0.2, 0) is 13.0 Å². The SMILES string of the molecule is CN1CCc2c(C#N)n[nH]c2C1. The molecule has 0 unspecified atom stereocenters. The zero-order valence-electron chi connectivity index (χ0n) is 6.96. The topological polar surface area (TPSA) is 55.7 Å². The highest BCUT2D eigenvalue weighted by atomic mass is 15.2. The summed E-state index contributed by atoms with van der Waals surface area (Å²) in [6.07, 6.45) is 0.936. The van der Waals surface area contributed by atoms with Gasteiger partial charge >= 0.3 is 0 Å². The monoisotopic (exact) mass is 162 g/mol. The molecule has 1 aliphatic rings. The maximum Gasteiger partial charge on any atom is 0.165 e. The average molecular weight is 162 g/mol. The van der Waals surface area contributed by atoms with Crippen molar-refractivity contribution in [1.82, 2.24) is 15.1 Å². The van der Waals surface area contributed by atoms with Gasteiger partial charge in [-0.05, 0) is 13.5 Å². The van der Waals surface area contributed by atoms with Gasteiger partial charge in [-0.1, -0.05) is 0 Å². The second kappa shape index (κ2) is 2.61. The van der Waals surface area contributed by atoms with Crippen LogP contribution >= 0.6 is 0 Å². The first-order valence-corrected chi connectivity index (χ1v) is 3.96. The van der Waals surface area contributed by atoms with Crippen LogP contribution < -0.4 is 0 Å². The van der Waals surface area contributed by atoms with Crippen molar-refractivity contribution in [2.75, 3.05) is 13.6 Å². The highest BCUT2D eigenvalue weighted by molar-refractivity contribution is 5.35. The summed E-state index contributed by atoms with van der Waals surface area (Å²) in [5.41, 5.74) is 2.77. The predicted octanol–water partition coefficient (Wildman–Crippen LogP) is 0.269. The minimum Gasteiger partial charge on any atom is -0.300 e. The first kappa shape index (κ1) is 7.32. The fourth-order valence-electron chi connectivity index (χ4n) is 1.55. The zero-order valence-corrected chi connectivity index (χ0v) is 6.96. The van der Waals surface area contributed by atoms with Crippen LogP contribution in [0.15, 0.2) is 0 Å². The number of hydrogen-bond acceptors (Lipinski definition) is 3. The van der Waals surface area contributed by atoms with Crippen LogP contribution in [0.25, 0.3) is 0 Å². The molecule has 4 heteroatoms. The molecule has 2 rings (SSSR count). The molecule has 0 saturated heterocycles. The normalized spacial score (nSPS) is 17.0. The molecule has 1 aromatic rings. The number of nitrogens with zero attached hydrogens (tertiary/aromatic N) is 3. The van der Waals surface area contributed by atoms with Crippen LogP contribution in [0.4, 0.5) is 0 Å². The Bertz CT molecular complexity index is 333. The molecule has 1 aromatic heterocycles. The van der Waals surface area contributed by atoms with E-state index < -0.39 is 0 Å². The molecule has 0 radical (unpaired) electrons. The molecule has 2 heterocycles. The van der Waals surface area contributed by atoms with Crippen molar-refractivity contribution in [1.29, 1.82) is 5.26 Å². The summed E-state index contributed by atoms with van der Waals surface area (Å²) in [6, 6.07) is 2.09. The molecule has 0 saturated carbocycles. The van der Waals surface area contributed by atoms with Gasteiger partial charge in [-0.15, -0.1) is 0 Å². The number of nitriles is 1. The number of rotatable bonds is 0. The van der Waals surface area contributed by atoms with Crippen LogP contribution in [0.3, 0.4) is 0 Å². The van der Waals surface area contributed by atoms with Crippen molar-refractivity contribution in [3.05, 3.63) is 17.0 Å². The molecule has 0 spiro atoms. The van der Waals surface area contributed by atoms with Crippen molar-refractivity contribution >= 4 is 0 Å². The number of aromatic nitrogens is 2. The fraction of sp³-hybridized carbons (Fsp3) is 0.500. The van der Waals surface area contributed by atoms with Crippen LogP contribution in [0.2, 0.25) is 0 Å². The van der Waals surface area contributed by atoms with Gasteiger partial charge in [0.2, 0.25) is 0 Å². The van der Waals surface area contributed by atoms with Gasteiger partial charge in [0.05, 0.1) is 5.69 Å². The van der Waals surface area contributed by atoms with Crippen molar-refractivity contribution in [3.63, 3.8) is 0 Å². The summed E-state index contributed by atoms with van der Waals surface area (Å²) in [5, 5.41) is 15.5. The van der Waals surface area contributed by atoms with E-state index in [9.17, 15) is 0 Å². The molecule has 12 heavy (non-hydrogen) atoms. The number of hydrogen-bond donors (Lipinski definition) is 1. The Hall–Kier alpha value is -1.34. The van der Waals surface area contributed by atoms with Crippen molar-refractivity contribution in [2.45, 2.75) is 13.0 Å². The zero-order chi connectivity index (χ0) is 8.55. The first-order valence-electron chi connectivity index (χ1n) is 3.96. The second-order valence-corrected chi connectivity index (χ2v) is 3.13. The summed E-state index contributed by atoms with van der Waals surface area (Å²) in [6.45, 7) is 1.89. The highest BCUT2D eigenvalue weighted by Gasteiger charge is 2.18. The van der Waals surface area contributed by atoms with Gasteiger partial charge in [0.25, 0.3) is 0 Å². The van der Waals surface area contributed by atoms with Gasteiger partial charge in [0, 0.05) is 18.7 Å². The van der Waals surface area contributed by atoms with Gasteiger partial charge < -0.3 is 4.90 Å². The van der Waals surface area contributed by atoms with Crippen LogP contribution in [0, 0.1) is 11.3 Å². The van der Waals surface area contributed by atoms with Crippen LogP contribution in [0.5, 0.6) is 0 Å². The average Bonchev–Trinajstić information content (AvgIpc) is 2.46. The molecule has 0 aliphatic carbocycles. The Labute approximate surface area is 70.8 Å². The number of H-pyrrole nitrogens is 1. The van der Waals surface area contributed by atoms with E-state index in [1.54, 1.807) is 0 Å². The molecule has 0 atom stereocenters. The Morgan fingerprint density at radius 1 is 1.67 bits per heavy atom. The quantitative estimate of drug-likeness (QED) is 0.595. The fourth-order valence-corrected chi connectivity index (χ4v) is 1.55. The van der Waals surface area contributed by atoms with E-state index in [4.69, 9.17) is 5.26 Å². The van der Waals surface area contributed by atoms with Gasteiger partial charge in [-0.2, -0.15) is 10.4 Å². The summed E-state index contributed by atoms with van der Waals surface area (Å²) >= 11 is 0. The standard InChI is InChI=1S/C8H10N4/c1-12-3-2-6-7(4-9)10-11-8(6)5-12/h2-3,5H2,1H3,(H,10,11). The molecule has 1 aliphatic heterocycles. The van der Waals surface area contributed by atoms with Crippen molar-refractivity contribution in [3.8, 4) is 6.07 Å². The smallest absolute Gasteiger partial charge is 0.165 e. The molecule has 1 N–H and O–H groups in total. The van der Waals surface area contributed by atoms with E-state index in [-0.39, 0.29) is 0 Å². The molecule has 62 valence electrons. The van der Waals surface area contributed by atoms with E-state index >= 15 is 0 Å². The van der Waals surface area contributed by atoms with E-state index in [0.717, 1.165) is 30.8 Å². The first-order chi connectivity index (χ1) is 5.81. The van der Waals surface area contributed by atoms with Crippen molar-refractivity contribution in [2.24, 2.45) is 0 Å². The third kappa shape index (κ3) is 0.990. The van der Waals surface area contributed by atoms with Gasteiger partial charge in [0.1, 0.15) is 6.07 Å². The maximum absolute atomic E-state index is 8.70. The minimum atomic E-state index is 0.568. The summed E-state index contributed by atoms with van der Waals surface area (Å²) < 4.78 is 0. The number of likely N-dealkylation sites (N-methyl/N-ethyl adjacent to an activating group) is 1. The van der Waals surface area contributed by atoms with Crippen LogP contribution in [0.1, 0.15) is 17.0 Å².